The van der Waals surface area contributed by atoms with Crippen LogP contribution < -0.4 is 10.5 Å². The molecule has 0 spiro atoms. The summed E-state index contributed by atoms with van der Waals surface area (Å²) in [6.45, 7) is 0.226. The van der Waals surface area contributed by atoms with E-state index < -0.39 is 23.9 Å². The number of carbonyl (C=O) groups is 1. The van der Waals surface area contributed by atoms with Crippen molar-refractivity contribution in [2.24, 2.45) is 5.73 Å². The van der Waals surface area contributed by atoms with Crippen LogP contribution in [0.5, 0.6) is 5.75 Å². The normalized spacial score (nSPS) is 21.5. The summed E-state index contributed by atoms with van der Waals surface area (Å²) in [4.78, 5) is 13.6. The molecule has 0 aromatic heterocycles. The van der Waals surface area contributed by atoms with E-state index in [1.165, 1.54) is 17.0 Å². The Balaban J connectivity index is 1.77. The zero-order valence-corrected chi connectivity index (χ0v) is 14.4. The van der Waals surface area contributed by atoms with Crippen LogP contribution in [0.15, 0.2) is 24.3 Å². The minimum atomic E-state index is -4.41. The third-order valence-electron chi connectivity index (χ3n) is 4.13. The second-order valence-electron chi connectivity index (χ2n) is 6.27. The van der Waals surface area contributed by atoms with Crippen molar-refractivity contribution in [3.8, 4) is 5.75 Å². The van der Waals surface area contributed by atoms with E-state index in [9.17, 15) is 23.1 Å². The Morgan fingerprint density at radius 2 is 2.04 bits per heavy atom. The summed E-state index contributed by atoms with van der Waals surface area (Å²) in [5.74, 6) is -0.0366. The highest BCUT2D eigenvalue weighted by atomic mass is 19.4. The lowest BCUT2D eigenvalue weighted by Gasteiger charge is -2.24. The first-order chi connectivity index (χ1) is 12.2. The minimum Gasteiger partial charge on any atom is -0.491 e. The van der Waals surface area contributed by atoms with Crippen molar-refractivity contribution in [1.29, 1.82) is 0 Å². The monoisotopic (exact) mass is 376 g/mol. The first-order valence-corrected chi connectivity index (χ1v) is 8.29. The number of nitrogens with zero attached hydrogens (tertiary/aromatic N) is 1. The molecule has 0 bridgehead atoms. The van der Waals surface area contributed by atoms with Crippen molar-refractivity contribution in [3.63, 3.8) is 0 Å². The van der Waals surface area contributed by atoms with Gasteiger partial charge in [-0.15, -0.1) is 0 Å². The Bertz CT molecular complexity index is 595. The van der Waals surface area contributed by atoms with Crippen LogP contribution in [0.3, 0.4) is 0 Å². The maximum atomic E-state index is 12.5. The molecule has 26 heavy (non-hydrogen) atoms. The number of nitrogens with two attached hydrogens (primary N) is 1. The molecule has 1 aromatic rings. The standard InChI is InChI=1S/C17H23F3N2O4/c1-22(16(24)15-7-6-14(8-21)26-15)9-12(23)10-25-13-4-2-11(3-5-13)17(18,19)20/h2-5,12,14-15,23H,6-10,21H2,1H3/t12?,14-,15+/m1/s1. The fraction of sp³-hybridized carbons (Fsp3) is 0.588. The van der Waals surface area contributed by atoms with E-state index in [-0.39, 0.29) is 30.9 Å². The zero-order chi connectivity index (χ0) is 19.3. The Morgan fingerprint density at radius 3 is 2.58 bits per heavy atom. The maximum absolute atomic E-state index is 12.5. The lowest BCUT2D eigenvalue weighted by atomic mass is 10.2. The largest absolute Gasteiger partial charge is 0.491 e. The van der Waals surface area contributed by atoms with Gasteiger partial charge in [0.05, 0.1) is 11.7 Å². The molecule has 2 rings (SSSR count). The summed E-state index contributed by atoms with van der Waals surface area (Å²) in [6, 6.07) is 4.18. The molecule has 3 atom stereocenters. The summed E-state index contributed by atoms with van der Waals surface area (Å²) in [7, 11) is 1.54. The van der Waals surface area contributed by atoms with E-state index in [1.54, 1.807) is 7.05 Å². The van der Waals surface area contributed by atoms with Crippen LogP contribution in [0.4, 0.5) is 13.2 Å². The zero-order valence-electron chi connectivity index (χ0n) is 14.4. The second kappa shape index (κ2) is 8.70. The summed E-state index contributed by atoms with van der Waals surface area (Å²) < 4.78 is 48.3. The van der Waals surface area contributed by atoms with Crippen molar-refractivity contribution in [3.05, 3.63) is 29.8 Å². The number of amides is 1. The van der Waals surface area contributed by atoms with E-state index in [4.69, 9.17) is 15.2 Å². The summed E-state index contributed by atoms with van der Waals surface area (Å²) >= 11 is 0. The van der Waals surface area contributed by atoms with E-state index in [2.05, 4.69) is 0 Å². The van der Waals surface area contributed by atoms with Crippen LogP contribution in [0.25, 0.3) is 0 Å². The number of aliphatic hydroxyl groups is 1. The first-order valence-electron chi connectivity index (χ1n) is 8.29. The summed E-state index contributed by atoms with van der Waals surface area (Å²) in [5.41, 5.74) is 4.74. The number of hydrogen-bond donors (Lipinski definition) is 2. The highest BCUT2D eigenvalue weighted by Gasteiger charge is 2.32. The van der Waals surface area contributed by atoms with Crippen LogP contribution in [-0.2, 0) is 15.7 Å². The number of alkyl halides is 3. The fourth-order valence-electron chi connectivity index (χ4n) is 2.70. The SMILES string of the molecule is CN(CC(O)COc1ccc(C(F)(F)F)cc1)C(=O)[C@@H]1CC[C@H](CN)O1. The molecule has 0 saturated carbocycles. The number of likely N-dealkylation sites (N-methyl/N-ethyl adjacent to an activating group) is 1. The molecule has 9 heteroatoms. The Kier molecular flexibility index (Phi) is 6.85. The van der Waals surface area contributed by atoms with Gasteiger partial charge in [-0.25, -0.2) is 0 Å². The lowest BCUT2D eigenvalue weighted by molar-refractivity contribution is -0.142. The van der Waals surface area contributed by atoms with Crippen molar-refractivity contribution in [2.45, 2.75) is 37.3 Å². The molecule has 0 aliphatic carbocycles. The van der Waals surface area contributed by atoms with Gasteiger partial charge in [-0.05, 0) is 37.1 Å². The molecule has 1 aliphatic rings. The fourth-order valence-corrected chi connectivity index (χ4v) is 2.70. The maximum Gasteiger partial charge on any atom is 0.416 e. The van der Waals surface area contributed by atoms with Gasteiger partial charge in [-0.1, -0.05) is 0 Å². The molecule has 1 aromatic carbocycles. The quantitative estimate of drug-likeness (QED) is 0.752. The number of rotatable bonds is 7. The van der Waals surface area contributed by atoms with Crippen LogP contribution in [0.2, 0.25) is 0 Å². The van der Waals surface area contributed by atoms with Crippen LogP contribution in [0.1, 0.15) is 18.4 Å². The van der Waals surface area contributed by atoms with Crippen molar-refractivity contribution < 1.29 is 32.5 Å². The Morgan fingerprint density at radius 1 is 1.38 bits per heavy atom. The molecule has 1 fully saturated rings. The Hall–Kier alpha value is -1.84. The molecule has 1 amide bonds. The van der Waals surface area contributed by atoms with Crippen LogP contribution in [0, 0.1) is 0 Å². The van der Waals surface area contributed by atoms with Gasteiger partial charge in [-0.2, -0.15) is 13.2 Å². The van der Waals surface area contributed by atoms with Crippen LogP contribution in [-0.4, -0.2) is 61.0 Å². The summed E-state index contributed by atoms with van der Waals surface area (Å²) in [6.07, 6.45) is -4.77. The Labute approximate surface area is 149 Å². The third kappa shape index (κ3) is 5.58. The van der Waals surface area contributed by atoms with Gasteiger partial charge in [0, 0.05) is 20.1 Å². The van der Waals surface area contributed by atoms with E-state index in [0.29, 0.717) is 13.0 Å². The molecular formula is C17H23F3N2O4. The molecule has 1 unspecified atom stereocenters. The molecule has 1 saturated heterocycles. The predicted octanol–water partition coefficient (Wildman–Crippen LogP) is 1.41. The number of halogens is 3. The number of aliphatic hydroxyl groups excluding tert-OH is 1. The molecule has 146 valence electrons. The summed E-state index contributed by atoms with van der Waals surface area (Å²) in [5, 5.41) is 9.99. The number of hydrogen-bond acceptors (Lipinski definition) is 5. The van der Waals surface area contributed by atoms with Crippen molar-refractivity contribution >= 4 is 5.91 Å². The number of carbonyl (C=O) groups excluding carboxylic acids is 1. The van der Waals surface area contributed by atoms with Gasteiger partial charge >= 0.3 is 6.18 Å². The van der Waals surface area contributed by atoms with Crippen molar-refractivity contribution in [2.75, 3.05) is 26.7 Å². The smallest absolute Gasteiger partial charge is 0.416 e. The van der Waals surface area contributed by atoms with E-state index in [1.807, 2.05) is 0 Å². The highest BCUT2D eigenvalue weighted by Crippen LogP contribution is 2.30. The first kappa shape index (κ1) is 20.5. The van der Waals surface area contributed by atoms with E-state index in [0.717, 1.165) is 18.6 Å². The number of ether oxygens (including phenoxy) is 2. The molecular weight excluding hydrogens is 353 g/mol. The van der Waals surface area contributed by atoms with Gasteiger partial charge in [0.2, 0.25) is 0 Å². The highest BCUT2D eigenvalue weighted by molar-refractivity contribution is 5.81. The number of benzene rings is 1. The van der Waals surface area contributed by atoms with Gasteiger partial charge in [0.15, 0.2) is 0 Å². The van der Waals surface area contributed by atoms with Gasteiger partial charge < -0.3 is 25.2 Å². The molecule has 1 aliphatic heterocycles. The predicted molar refractivity (Wildman–Crippen MR) is 87.5 cm³/mol. The molecule has 3 N–H and O–H groups in total. The van der Waals surface area contributed by atoms with E-state index >= 15 is 0 Å². The minimum absolute atomic E-state index is 0.0205. The lowest BCUT2D eigenvalue weighted by Crippen LogP contribution is -2.42. The topological polar surface area (TPSA) is 85.0 Å². The van der Waals surface area contributed by atoms with Gasteiger partial charge in [0.25, 0.3) is 5.91 Å². The van der Waals surface area contributed by atoms with Gasteiger partial charge in [0.1, 0.15) is 24.6 Å². The third-order valence-corrected chi connectivity index (χ3v) is 4.13. The molecule has 1 heterocycles. The van der Waals surface area contributed by atoms with Gasteiger partial charge in [-0.3, -0.25) is 4.79 Å². The molecule has 0 radical (unpaired) electrons. The average molecular weight is 376 g/mol. The molecule has 6 nitrogen and oxygen atoms in total. The van der Waals surface area contributed by atoms with Crippen molar-refractivity contribution in [1.82, 2.24) is 4.90 Å². The second-order valence-corrected chi connectivity index (χ2v) is 6.27. The van der Waals surface area contributed by atoms with Crippen LogP contribution >= 0.6 is 0 Å². The average Bonchev–Trinajstić information content (AvgIpc) is 3.08.